The molecular weight excluding hydrogens is 306 g/mol. The number of nitro groups is 1. The van der Waals surface area contributed by atoms with Gasteiger partial charge in [0.2, 0.25) is 5.82 Å². The minimum absolute atomic E-state index is 0.0408. The molecule has 0 N–H and O–H groups in total. The first-order valence-corrected chi connectivity index (χ1v) is 8.36. The molecule has 0 bridgehead atoms. The summed E-state index contributed by atoms with van der Waals surface area (Å²) in [6.45, 7) is 4.53. The first-order valence-electron chi connectivity index (χ1n) is 7.21. The van der Waals surface area contributed by atoms with Gasteiger partial charge < -0.3 is 9.64 Å². The van der Waals surface area contributed by atoms with E-state index >= 15 is 0 Å². The van der Waals surface area contributed by atoms with Crippen LogP contribution in [0.15, 0.2) is 12.3 Å². The maximum absolute atomic E-state index is 12.0. The molecule has 0 spiro atoms. The van der Waals surface area contributed by atoms with Crippen LogP contribution in [0.3, 0.4) is 0 Å². The van der Waals surface area contributed by atoms with Crippen LogP contribution in [0.1, 0.15) is 30.6 Å². The second kappa shape index (κ2) is 7.44. The summed E-state index contributed by atoms with van der Waals surface area (Å²) in [5.41, 5.74) is -0.305. The predicted octanol–water partition coefficient (Wildman–Crippen LogP) is 2.50. The van der Waals surface area contributed by atoms with Gasteiger partial charge in [0.05, 0.1) is 11.5 Å². The van der Waals surface area contributed by atoms with Gasteiger partial charge in [-0.05, 0) is 32.1 Å². The number of rotatable bonds is 4. The van der Waals surface area contributed by atoms with Crippen LogP contribution in [-0.4, -0.2) is 46.6 Å². The fourth-order valence-corrected chi connectivity index (χ4v) is 3.45. The molecule has 120 valence electrons. The van der Waals surface area contributed by atoms with Gasteiger partial charge >= 0.3 is 11.7 Å². The van der Waals surface area contributed by atoms with Crippen molar-refractivity contribution < 1.29 is 14.5 Å². The van der Waals surface area contributed by atoms with Crippen molar-refractivity contribution in [3.8, 4) is 0 Å². The Morgan fingerprint density at radius 1 is 1.59 bits per heavy atom. The average Bonchev–Trinajstić information content (AvgIpc) is 2.71. The highest BCUT2D eigenvalue weighted by Gasteiger charge is 2.32. The van der Waals surface area contributed by atoms with E-state index in [1.165, 1.54) is 12.3 Å². The molecule has 1 fully saturated rings. The number of thioether (sulfide) groups is 1. The smallest absolute Gasteiger partial charge is 0.345 e. The van der Waals surface area contributed by atoms with Gasteiger partial charge in [-0.15, -0.1) is 0 Å². The summed E-state index contributed by atoms with van der Waals surface area (Å²) in [6.07, 6.45) is 2.35. The topological polar surface area (TPSA) is 85.6 Å². The molecule has 1 aliphatic heterocycles. The number of anilines is 1. The number of aromatic nitrogens is 1. The van der Waals surface area contributed by atoms with Gasteiger partial charge in [0.15, 0.2) is 0 Å². The minimum atomic E-state index is -0.685. The molecule has 22 heavy (non-hydrogen) atoms. The van der Waals surface area contributed by atoms with E-state index in [1.54, 1.807) is 6.92 Å². The lowest BCUT2D eigenvalue weighted by molar-refractivity contribution is -0.384. The minimum Gasteiger partial charge on any atom is -0.462 e. The molecule has 0 aliphatic carbocycles. The third-order valence-corrected chi connectivity index (χ3v) is 4.54. The van der Waals surface area contributed by atoms with Crippen molar-refractivity contribution in [2.75, 3.05) is 29.6 Å². The summed E-state index contributed by atoms with van der Waals surface area (Å²) in [6, 6.07) is 1.48. The standard InChI is InChI=1S/C14H19N3O4S/c1-3-21-14(18)11-4-6-15-13(12(11)17(19)20)16-7-9-22-8-5-10(16)2/h4,6,10H,3,5,7-9H2,1-2H3. The van der Waals surface area contributed by atoms with Crippen molar-refractivity contribution in [2.45, 2.75) is 26.3 Å². The highest BCUT2D eigenvalue weighted by molar-refractivity contribution is 7.99. The number of hydrogen-bond donors (Lipinski definition) is 0. The van der Waals surface area contributed by atoms with Gasteiger partial charge in [0.1, 0.15) is 5.56 Å². The Morgan fingerprint density at radius 3 is 3.05 bits per heavy atom. The number of esters is 1. The molecule has 1 unspecified atom stereocenters. The number of carbonyl (C=O) groups excluding carboxylic acids is 1. The van der Waals surface area contributed by atoms with Crippen molar-refractivity contribution in [3.05, 3.63) is 27.9 Å². The summed E-state index contributed by atoms with van der Waals surface area (Å²) in [7, 11) is 0. The molecule has 1 aliphatic rings. The van der Waals surface area contributed by atoms with Crippen molar-refractivity contribution in [1.29, 1.82) is 0 Å². The number of nitrogens with zero attached hydrogens (tertiary/aromatic N) is 3. The van der Waals surface area contributed by atoms with Crippen molar-refractivity contribution in [1.82, 2.24) is 4.98 Å². The molecule has 1 saturated heterocycles. The zero-order chi connectivity index (χ0) is 16.1. The van der Waals surface area contributed by atoms with Gasteiger partial charge in [-0.2, -0.15) is 11.8 Å². The highest BCUT2D eigenvalue weighted by Crippen LogP contribution is 2.33. The van der Waals surface area contributed by atoms with Crippen molar-refractivity contribution >= 4 is 29.2 Å². The number of carbonyl (C=O) groups is 1. The quantitative estimate of drug-likeness (QED) is 0.477. The summed E-state index contributed by atoms with van der Waals surface area (Å²) in [4.78, 5) is 29.1. The molecule has 0 saturated carbocycles. The van der Waals surface area contributed by atoms with Gasteiger partial charge in [-0.25, -0.2) is 9.78 Å². The first kappa shape index (κ1) is 16.5. The Labute approximate surface area is 133 Å². The van der Waals surface area contributed by atoms with Gasteiger partial charge in [0.25, 0.3) is 0 Å². The average molecular weight is 325 g/mol. The molecule has 2 rings (SSSR count). The van der Waals surface area contributed by atoms with Crippen LogP contribution in [0.4, 0.5) is 11.5 Å². The SMILES string of the molecule is CCOC(=O)c1ccnc(N2CCSCCC2C)c1[N+](=O)[O-]. The molecule has 0 radical (unpaired) electrons. The lowest BCUT2D eigenvalue weighted by Gasteiger charge is -2.27. The Hall–Kier alpha value is -1.83. The van der Waals surface area contributed by atoms with Gasteiger partial charge in [-0.1, -0.05) is 0 Å². The zero-order valence-corrected chi connectivity index (χ0v) is 13.5. The summed E-state index contributed by atoms with van der Waals surface area (Å²) in [5, 5.41) is 11.5. The van der Waals surface area contributed by atoms with E-state index in [0.29, 0.717) is 6.54 Å². The Morgan fingerprint density at radius 2 is 2.36 bits per heavy atom. The summed E-state index contributed by atoms with van der Waals surface area (Å²) in [5.74, 6) is 1.47. The Bertz CT molecular complexity index is 567. The first-order chi connectivity index (χ1) is 10.6. The maximum Gasteiger partial charge on any atom is 0.345 e. The lowest BCUT2D eigenvalue weighted by Crippen LogP contribution is -2.35. The van der Waals surface area contributed by atoms with Crippen molar-refractivity contribution in [3.63, 3.8) is 0 Å². The van der Waals surface area contributed by atoms with Gasteiger partial charge in [-0.3, -0.25) is 10.1 Å². The van der Waals surface area contributed by atoms with Crippen LogP contribution in [0, 0.1) is 10.1 Å². The Balaban J connectivity index is 2.48. The molecule has 2 heterocycles. The molecule has 0 aromatic carbocycles. The molecule has 1 atom stereocenters. The third kappa shape index (κ3) is 3.49. The van der Waals surface area contributed by atoms with E-state index in [9.17, 15) is 14.9 Å². The monoisotopic (exact) mass is 325 g/mol. The van der Waals surface area contributed by atoms with Crippen LogP contribution in [-0.2, 0) is 4.74 Å². The molecule has 7 nitrogen and oxygen atoms in total. The van der Waals surface area contributed by atoms with Crippen molar-refractivity contribution in [2.24, 2.45) is 0 Å². The second-order valence-corrected chi connectivity index (χ2v) is 6.18. The van der Waals surface area contributed by atoms with E-state index in [2.05, 4.69) is 4.98 Å². The molecular formula is C14H19N3O4S. The third-order valence-electron chi connectivity index (χ3n) is 3.54. The number of ether oxygens (including phenoxy) is 1. The number of pyridine rings is 1. The zero-order valence-electron chi connectivity index (χ0n) is 12.7. The molecule has 1 aromatic rings. The van der Waals surface area contributed by atoms with E-state index < -0.39 is 10.9 Å². The van der Waals surface area contributed by atoms with E-state index in [-0.39, 0.29) is 29.7 Å². The number of hydrogen-bond acceptors (Lipinski definition) is 7. The lowest BCUT2D eigenvalue weighted by atomic mass is 10.1. The largest absolute Gasteiger partial charge is 0.462 e. The summed E-state index contributed by atoms with van der Waals surface area (Å²) < 4.78 is 4.92. The van der Waals surface area contributed by atoms with Crippen LogP contribution in [0.5, 0.6) is 0 Å². The van der Waals surface area contributed by atoms with E-state index in [1.807, 2.05) is 23.6 Å². The molecule has 8 heteroatoms. The van der Waals surface area contributed by atoms with Crippen LogP contribution in [0.2, 0.25) is 0 Å². The Kier molecular flexibility index (Phi) is 5.59. The second-order valence-electron chi connectivity index (χ2n) is 4.95. The molecule has 1 aromatic heterocycles. The van der Waals surface area contributed by atoms with Gasteiger partial charge in [0, 0.05) is 24.5 Å². The van der Waals surface area contributed by atoms with Crippen LogP contribution < -0.4 is 4.90 Å². The van der Waals surface area contributed by atoms with E-state index in [4.69, 9.17) is 4.74 Å². The van der Waals surface area contributed by atoms with E-state index in [0.717, 1.165) is 17.9 Å². The highest BCUT2D eigenvalue weighted by atomic mass is 32.2. The fraction of sp³-hybridized carbons (Fsp3) is 0.571. The maximum atomic E-state index is 12.0. The fourth-order valence-electron chi connectivity index (χ4n) is 2.42. The summed E-state index contributed by atoms with van der Waals surface area (Å²) >= 11 is 1.82. The molecule has 0 amide bonds. The predicted molar refractivity (Wildman–Crippen MR) is 85.6 cm³/mol. The van der Waals surface area contributed by atoms with Crippen LogP contribution in [0.25, 0.3) is 0 Å². The van der Waals surface area contributed by atoms with Crippen LogP contribution >= 0.6 is 11.8 Å². The normalized spacial score (nSPS) is 18.6.